The second-order valence-electron chi connectivity index (χ2n) is 22.5. The molecule has 76 heavy (non-hydrogen) atoms. The molecule has 0 amide bonds. The van der Waals surface area contributed by atoms with E-state index in [1.54, 1.807) is 24.3 Å². The summed E-state index contributed by atoms with van der Waals surface area (Å²) in [4.78, 5) is 19.3. The minimum Gasteiger partial charge on any atom is -0.386 e. The Balaban J connectivity index is 0.000000162. The Bertz CT molecular complexity index is 3410. The number of ether oxygens (including phenoxy) is 2. The predicted octanol–water partition coefficient (Wildman–Crippen LogP) is 13.6. The van der Waals surface area contributed by atoms with Crippen LogP contribution in [0, 0.1) is 23.5 Å². The van der Waals surface area contributed by atoms with Gasteiger partial charge in [-0.1, -0.05) is 48.5 Å². The molecule has 4 aliphatic heterocycles. The fourth-order valence-electron chi connectivity index (χ4n) is 12.4. The van der Waals surface area contributed by atoms with Gasteiger partial charge in [0.05, 0.1) is 69.5 Å². The number of fused-ring (bicyclic) bond motifs is 6. The highest BCUT2D eigenvalue weighted by molar-refractivity contribution is 6.26. The van der Waals surface area contributed by atoms with Crippen LogP contribution in [-0.4, -0.2) is 80.3 Å². The van der Waals surface area contributed by atoms with Crippen molar-refractivity contribution in [1.82, 2.24) is 19.1 Å². The monoisotopic (exact) mass is 1020 g/mol. The SMILES string of the molecule is CC1=NCC(C)=C1c1cnc2c3ccc(C(C)(C)O)cc3n(C(c3ccc(F)cc3)C3CCOCC3)c2c1.CC1=NCC(C)=C1c1cnc2c3ccc(C(C)(C)O)cc3n(C(c3ccc(F)cc3)C3CCOCC3)c2c1. The number of aromatic nitrogens is 4. The Kier molecular flexibility index (Phi) is 13.8. The van der Waals surface area contributed by atoms with E-state index in [-0.39, 0.29) is 23.7 Å². The number of nitrogens with zero attached hydrogens (tertiary/aromatic N) is 6. The van der Waals surface area contributed by atoms with Crippen LogP contribution in [0.3, 0.4) is 0 Å². The van der Waals surface area contributed by atoms with Gasteiger partial charge in [0.1, 0.15) is 11.6 Å². The molecule has 8 heterocycles. The number of benzene rings is 4. The van der Waals surface area contributed by atoms with Crippen LogP contribution in [0.4, 0.5) is 8.78 Å². The van der Waals surface area contributed by atoms with E-state index >= 15 is 0 Å². The Labute approximate surface area is 443 Å². The van der Waals surface area contributed by atoms with E-state index in [1.165, 1.54) is 11.1 Å². The molecule has 4 aromatic carbocycles. The third-order valence-corrected chi connectivity index (χ3v) is 16.4. The summed E-state index contributed by atoms with van der Waals surface area (Å²) in [5.74, 6) is 0.123. The zero-order valence-corrected chi connectivity index (χ0v) is 44.9. The van der Waals surface area contributed by atoms with Crippen LogP contribution in [0.5, 0.6) is 0 Å². The molecule has 4 aromatic heterocycles. The van der Waals surface area contributed by atoms with Gasteiger partial charge in [0.25, 0.3) is 0 Å². The molecule has 8 aromatic rings. The van der Waals surface area contributed by atoms with Crippen LogP contribution in [0.15, 0.2) is 131 Å². The lowest BCUT2D eigenvalue weighted by molar-refractivity contribution is 0.0551. The van der Waals surface area contributed by atoms with Gasteiger partial charge >= 0.3 is 0 Å². The van der Waals surface area contributed by atoms with Crippen molar-refractivity contribution in [2.45, 2.75) is 104 Å². The third-order valence-electron chi connectivity index (χ3n) is 16.4. The summed E-state index contributed by atoms with van der Waals surface area (Å²) in [6.07, 6.45) is 7.57. The van der Waals surface area contributed by atoms with E-state index in [2.05, 4.69) is 83.2 Å². The second-order valence-corrected chi connectivity index (χ2v) is 22.5. The molecule has 12 heteroatoms. The second kappa shape index (κ2) is 20.3. The Hall–Kier alpha value is -6.70. The summed E-state index contributed by atoms with van der Waals surface area (Å²) in [5, 5.41) is 23.9. The lowest BCUT2D eigenvalue weighted by atomic mass is 9.86. The smallest absolute Gasteiger partial charge is 0.123 e. The number of aliphatic hydroxyl groups is 2. The average Bonchev–Trinajstić information content (AvgIpc) is 4.24. The number of rotatable bonds is 10. The van der Waals surface area contributed by atoms with Crippen molar-refractivity contribution in [3.05, 3.63) is 166 Å². The Morgan fingerprint density at radius 2 is 0.882 bits per heavy atom. The zero-order chi connectivity index (χ0) is 53.2. The van der Waals surface area contributed by atoms with E-state index < -0.39 is 11.2 Å². The quantitative estimate of drug-likeness (QED) is 0.141. The summed E-state index contributed by atoms with van der Waals surface area (Å²) < 4.78 is 44.3. The molecular weight excluding hydrogens is 955 g/mol. The van der Waals surface area contributed by atoms with Crippen LogP contribution < -0.4 is 0 Å². The van der Waals surface area contributed by atoms with E-state index in [1.807, 2.05) is 76.5 Å². The summed E-state index contributed by atoms with van der Waals surface area (Å²) >= 11 is 0. The Morgan fingerprint density at radius 3 is 1.21 bits per heavy atom. The van der Waals surface area contributed by atoms with Crippen LogP contribution >= 0.6 is 0 Å². The van der Waals surface area contributed by atoms with Gasteiger partial charge in [-0.2, -0.15) is 0 Å². The van der Waals surface area contributed by atoms with Gasteiger partial charge in [0.2, 0.25) is 0 Å². The molecule has 0 bridgehead atoms. The highest BCUT2D eigenvalue weighted by Crippen LogP contribution is 2.45. The maximum Gasteiger partial charge on any atom is 0.123 e. The summed E-state index contributed by atoms with van der Waals surface area (Å²) in [7, 11) is 0. The van der Waals surface area contributed by atoms with Crippen molar-refractivity contribution in [1.29, 1.82) is 0 Å². The number of hydrogen-bond donors (Lipinski definition) is 2. The first-order valence-corrected chi connectivity index (χ1v) is 26.9. The minimum atomic E-state index is -0.989. The first-order valence-electron chi connectivity index (χ1n) is 26.9. The molecule has 0 radical (unpaired) electrons. The van der Waals surface area contributed by atoms with Crippen LogP contribution in [0.25, 0.3) is 55.0 Å². The lowest BCUT2D eigenvalue weighted by Gasteiger charge is -2.33. The maximum atomic E-state index is 14.0. The molecule has 2 atom stereocenters. The molecule has 2 unspecified atom stereocenters. The van der Waals surface area contributed by atoms with Crippen molar-refractivity contribution in [2.75, 3.05) is 39.5 Å². The fourth-order valence-corrected chi connectivity index (χ4v) is 12.4. The maximum absolute atomic E-state index is 14.0. The number of allylic oxidation sites excluding steroid dienone is 2. The van der Waals surface area contributed by atoms with Crippen molar-refractivity contribution in [3.63, 3.8) is 0 Å². The van der Waals surface area contributed by atoms with Crippen LogP contribution in [0.2, 0.25) is 0 Å². The molecule has 0 saturated carbocycles. The average molecular weight is 1020 g/mol. The topological polar surface area (TPSA) is 119 Å². The largest absolute Gasteiger partial charge is 0.386 e. The van der Waals surface area contributed by atoms with Gasteiger partial charge in [-0.3, -0.25) is 20.0 Å². The number of hydrogen-bond acceptors (Lipinski definition) is 8. The van der Waals surface area contributed by atoms with E-state index in [9.17, 15) is 19.0 Å². The molecule has 0 spiro atoms. The molecule has 10 nitrogen and oxygen atoms in total. The number of halogens is 2. The van der Waals surface area contributed by atoms with Crippen molar-refractivity contribution >= 4 is 66.4 Å². The van der Waals surface area contributed by atoms with E-state index in [0.717, 1.165) is 139 Å². The van der Waals surface area contributed by atoms with E-state index in [4.69, 9.17) is 19.4 Å². The van der Waals surface area contributed by atoms with Crippen LogP contribution in [-0.2, 0) is 20.7 Å². The van der Waals surface area contributed by atoms with Crippen molar-refractivity contribution in [3.8, 4) is 0 Å². The number of pyridine rings is 2. The fraction of sp³-hybridized carbons (Fsp3) is 0.375. The van der Waals surface area contributed by atoms with Gasteiger partial charge in [-0.15, -0.1) is 0 Å². The molecule has 0 aliphatic carbocycles. The minimum absolute atomic E-state index is 0.0398. The van der Waals surface area contributed by atoms with Crippen molar-refractivity contribution in [2.24, 2.45) is 21.8 Å². The summed E-state index contributed by atoms with van der Waals surface area (Å²) in [5.41, 5.74) is 16.8. The predicted molar refractivity (Wildman–Crippen MR) is 302 cm³/mol. The first-order chi connectivity index (χ1) is 36.4. The van der Waals surface area contributed by atoms with Gasteiger partial charge in [0, 0.05) is 83.3 Å². The summed E-state index contributed by atoms with van der Waals surface area (Å²) in [6.45, 7) is 19.9. The zero-order valence-electron chi connectivity index (χ0n) is 44.9. The normalized spacial score (nSPS) is 18.0. The van der Waals surface area contributed by atoms with Gasteiger partial charge in [-0.05, 0) is 175 Å². The van der Waals surface area contributed by atoms with Gasteiger partial charge < -0.3 is 28.8 Å². The van der Waals surface area contributed by atoms with Gasteiger partial charge in [-0.25, -0.2) is 8.78 Å². The van der Waals surface area contributed by atoms with Crippen LogP contribution in [0.1, 0.15) is 127 Å². The van der Waals surface area contributed by atoms with Crippen molar-refractivity contribution < 1.29 is 28.5 Å². The molecule has 2 saturated heterocycles. The van der Waals surface area contributed by atoms with Gasteiger partial charge in [0.15, 0.2) is 0 Å². The number of aliphatic imine (C=N–C) groups is 2. The third kappa shape index (κ3) is 9.63. The highest BCUT2D eigenvalue weighted by atomic mass is 19.1. The molecule has 2 N–H and O–H groups in total. The Morgan fingerprint density at radius 1 is 0.513 bits per heavy atom. The molecule has 12 rings (SSSR count). The molecule has 392 valence electrons. The van der Waals surface area contributed by atoms with E-state index in [0.29, 0.717) is 38.3 Å². The summed E-state index contributed by atoms with van der Waals surface area (Å²) in [6, 6.07) is 30.6. The molecule has 4 aliphatic rings. The molecule has 2 fully saturated rings. The first kappa shape index (κ1) is 51.4. The molecular formula is C64H68F2N6O4. The standard InChI is InChI=1S/2C32H34FN3O2/c2*1-19-17-34-20(2)29(19)23-15-28-30(35-18-23)26-10-7-24(32(3,4)37)16-27(26)36(28)31(22-11-13-38-14-12-22)21-5-8-25(33)9-6-21/h2*5-10,15-16,18,22,31,37H,11-14,17H2,1-4H3. The highest BCUT2D eigenvalue weighted by Gasteiger charge is 2.34. The lowest BCUT2D eigenvalue weighted by Crippen LogP contribution is -2.27.